The van der Waals surface area contributed by atoms with Crippen LogP contribution in [0.15, 0.2) is 72.8 Å². The van der Waals surface area contributed by atoms with Gasteiger partial charge >= 0.3 is 5.97 Å². The number of benzene rings is 3. The molecule has 0 atom stereocenters. The molecular weight excluding hydrogens is 406 g/mol. The van der Waals surface area contributed by atoms with E-state index in [1.165, 1.54) is 0 Å². The highest BCUT2D eigenvalue weighted by Gasteiger charge is 2.21. The van der Waals surface area contributed by atoms with Gasteiger partial charge in [-0.3, -0.25) is 14.2 Å². The van der Waals surface area contributed by atoms with Crippen LogP contribution in [0.4, 0.5) is 0 Å². The largest absolute Gasteiger partial charge is 0.497 e. The summed E-state index contributed by atoms with van der Waals surface area (Å²) in [7, 11) is 1.55. The monoisotopic (exact) mass is 429 g/mol. The molecule has 6 nitrogen and oxygen atoms in total. The highest BCUT2D eigenvalue weighted by Crippen LogP contribution is 2.31. The third kappa shape index (κ3) is 4.21. The maximum atomic E-state index is 13.4. The van der Waals surface area contributed by atoms with Crippen molar-refractivity contribution in [1.82, 2.24) is 4.57 Å². The fraction of sp³-hybridized carbons (Fsp3) is 0.154. The number of aromatic nitrogens is 1. The second-order valence-corrected chi connectivity index (χ2v) is 7.46. The molecule has 32 heavy (non-hydrogen) atoms. The smallest absolute Gasteiger partial charge is 0.307 e. The number of nitrogens with zero attached hydrogens (tertiary/aromatic N) is 1. The van der Waals surface area contributed by atoms with E-state index >= 15 is 0 Å². The van der Waals surface area contributed by atoms with Crippen LogP contribution in [0.3, 0.4) is 0 Å². The molecule has 0 amide bonds. The number of carboxylic acids is 1. The van der Waals surface area contributed by atoms with Crippen LogP contribution < -0.4 is 9.47 Å². The van der Waals surface area contributed by atoms with E-state index in [0.29, 0.717) is 45.8 Å². The van der Waals surface area contributed by atoms with Gasteiger partial charge in [0.05, 0.1) is 19.0 Å². The topological polar surface area (TPSA) is 77.8 Å². The molecule has 4 rings (SSSR count). The highest BCUT2D eigenvalue weighted by molar-refractivity contribution is 6.05. The number of carbonyl (C=O) groups is 2. The maximum absolute atomic E-state index is 13.4. The Labute approximate surface area is 185 Å². The molecular formula is C26H23NO5. The van der Waals surface area contributed by atoms with Crippen molar-refractivity contribution >= 4 is 22.8 Å². The van der Waals surface area contributed by atoms with E-state index in [2.05, 4.69) is 0 Å². The van der Waals surface area contributed by atoms with Crippen LogP contribution in [0, 0.1) is 6.92 Å². The van der Waals surface area contributed by atoms with Crippen LogP contribution in [-0.2, 0) is 17.8 Å². The quantitative estimate of drug-likeness (QED) is 0.454. The Kier molecular flexibility index (Phi) is 5.94. The first-order valence-electron chi connectivity index (χ1n) is 10.2. The fourth-order valence-corrected chi connectivity index (χ4v) is 3.79. The predicted molar refractivity (Wildman–Crippen MR) is 122 cm³/mol. The van der Waals surface area contributed by atoms with E-state index in [-0.39, 0.29) is 12.3 Å². The Hall–Kier alpha value is -4.06. The van der Waals surface area contributed by atoms with Crippen molar-refractivity contribution in [1.29, 1.82) is 0 Å². The normalized spacial score (nSPS) is 10.8. The molecule has 4 aromatic rings. The zero-order valence-corrected chi connectivity index (χ0v) is 17.9. The Morgan fingerprint density at radius 3 is 2.28 bits per heavy atom. The van der Waals surface area contributed by atoms with Gasteiger partial charge in [0.1, 0.15) is 18.1 Å². The van der Waals surface area contributed by atoms with Crippen molar-refractivity contribution in [3.63, 3.8) is 0 Å². The predicted octanol–water partition coefficient (Wildman–Crippen LogP) is 4.85. The molecule has 1 N–H and O–H groups in total. The summed E-state index contributed by atoms with van der Waals surface area (Å²) < 4.78 is 12.7. The van der Waals surface area contributed by atoms with Gasteiger partial charge in [0.25, 0.3) is 5.91 Å². The second kappa shape index (κ2) is 8.98. The minimum absolute atomic E-state index is 0.179. The lowest BCUT2D eigenvalue weighted by Crippen LogP contribution is -2.14. The number of carboxylic acid groups (broad SMARTS) is 1. The van der Waals surface area contributed by atoms with Crippen molar-refractivity contribution in [2.45, 2.75) is 20.0 Å². The standard InChI is InChI=1S/C26H23NO5/c1-17-22(15-25(28)29)23-14-21(31-2)12-13-24(23)27(17)26(30)19-8-10-20(11-9-19)32-16-18-6-4-3-5-7-18/h3-14H,15-16H2,1-2H3,(H,28,29). The van der Waals surface area contributed by atoms with Crippen LogP contribution in [-0.4, -0.2) is 28.7 Å². The zero-order chi connectivity index (χ0) is 22.7. The van der Waals surface area contributed by atoms with E-state index in [1.54, 1.807) is 61.1 Å². The Balaban J connectivity index is 1.64. The number of rotatable bonds is 7. The first-order chi connectivity index (χ1) is 15.5. The van der Waals surface area contributed by atoms with Crippen molar-refractivity contribution < 1.29 is 24.2 Å². The average molecular weight is 429 g/mol. The zero-order valence-electron chi connectivity index (χ0n) is 17.9. The number of methoxy groups -OCH3 is 1. The summed E-state index contributed by atoms with van der Waals surface area (Å²) in [5.74, 6) is 0.0794. The first kappa shape index (κ1) is 21.2. The lowest BCUT2D eigenvalue weighted by Gasteiger charge is -2.10. The summed E-state index contributed by atoms with van der Waals surface area (Å²) in [5.41, 5.74) is 3.39. The van der Waals surface area contributed by atoms with Crippen LogP contribution >= 0.6 is 0 Å². The minimum Gasteiger partial charge on any atom is -0.497 e. The molecule has 0 fully saturated rings. The lowest BCUT2D eigenvalue weighted by molar-refractivity contribution is -0.136. The molecule has 1 aromatic heterocycles. The molecule has 0 radical (unpaired) electrons. The van der Waals surface area contributed by atoms with Gasteiger partial charge in [-0.2, -0.15) is 0 Å². The highest BCUT2D eigenvalue weighted by atomic mass is 16.5. The van der Waals surface area contributed by atoms with Gasteiger partial charge in [-0.15, -0.1) is 0 Å². The summed E-state index contributed by atoms with van der Waals surface area (Å²) in [6.07, 6.45) is -0.179. The van der Waals surface area contributed by atoms with Gasteiger partial charge in [-0.1, -0.05) is 30.3 Å². The first-order valence-corrected chi connectivity index (χ1v) is 10.2. The summed E-state index contributed by atoms with van der Waals surface area (Å²) in [4.78, 5) is 24.8. The Morgan fingerprint density at radius 2 is 1.62 bits per heavy atom. The number of fused-ring (bicyclic) bond motifs is 1. The van der Waals surface area contributed by atoms with E-state index in [1.807, 2.05) is 30.3 Å². The molecule has 3 aromatic carbocycles. The number of carbonyl (C=O) groups excluding carboxylic acids is 1. The molecule has 0 bridgehead atoms. The van der Waals surface area contributed by atoms with Crippen LogP contribution in [0.2, 0.25) is 0 Å². The van der Waals surface area contributed by atoms with Gasteiger partial charge in [0.2, 0.25) is 0 Å². The molecule has 0 aliphatic carbocycles. The maximum Gasteiger partial charge on any atom is 0.307 e. The average Bonchev–Trinajstić information content (AvgIpc) is 3.08. The van der Waals surface area contributed by atoms with Crippen molar-refractivity contribution in [2.75, 3.05) is 7.11 Å². The van der Waals surface area contributed by atoms with Crippen LogP contribution in [0.1, 0.15) is 27.2 Å². The lowest BCUT2D eigenvalue weighted by atomic mass is 10.1. The molecule has 0 unspecified atom stereocenters. The molecule has 6 heteroatoms. The molecule has 0 aliphatic heterocycles. The van der Waals surface area contributed by atoms with Crippen molar-refractivity contribution in [2.24, 2.45) is 0 Å². The van der Waals surface area contributed by atoms with E-state index in [4.69, 9.17) is 9.47 Å². The summed E-state index contributed by atoms with van der Waals surface area (Å²) in [5, 5.41) is 10.1. The third-order valence-corrected chi connectivity index (χ3v) is 5.42. The van der Waals surface area contributed by atoms with Crippen molar-refractivity contribution in [3.05, 3.63) is 95.2 Å². The number of ether oxygens (including phenoxy) is 2. The summed E-state index contributed by atoms with van der Waals surface area (Å²) in [6, 6.07) is 22.1. The fourth-order valence-electron chi connectivity index (χ4n) is 3.79. The Bertz CT molecular complexity index is 1270. The summed E-state index contributed by atoms with van der Waals surface area (Å²) >= 11 is 0. The van der Waals surface area contributed by atoms with Crippen molar-refractivity contribution in [3.8, 4) is 11.5 Å². The van der Waals surface area contributed by atoms with Gasteiger partial charge in [-0.25, -0.2) is 0 Å². The second-order valence-electron chi connectivity index (χ2n) is 7.46. The molecule has 162 valence electrons. The van der Waals surface area contributed by atoms with Crippen LogP contribution in [0.25, 0.3) is 10.9 Å². The summed E-state index contributed by atoms with van der Waals surface area (Å²) in [6.45, 7) is 2.20. The molecule has 1 heterocycles. The van der Waals surface area contributed by atoms with E-state index < -0.39 is 5.97 Å². The van der Waals surface area contributed by atoms with Gasteiger partial charge in [0, 0.05) is 16.6 Å². The van der Waals surface area contributed by atoms with Gasteiger partial charge in [-0.05, 0) is 60.5 Å². The number of hydrogen-bond acceptors (Lipinski definition) is 4. The van der Waals surface area contributed by atoms with E-state index in [0.717, 1.165) is 5.56 Å². The number of aliphatic carboxylic acids is 1. The molecule has 0 aliphatic rings. The van der Waals surface area contributed by atoms with Gasteiger partial charge < -0.3 is 14.6 Å². The molecule has 0 saturated carbocycles. The number of hydrogen-bond donors (Lipinski definition) is 1. The molecule has 0 saturated heterocycles. The SMILES string of the molecule is COc1ccc2c(c1)c(CC(=O)O)c(C)n2C(=O)c1ccc(OCc2ccccc2)cc1. The Morgan fingerprint density at radius 1 is 0.938 bits per heavy atom. The van der Waals surface area contributed by atoms with Gasteiger partial charge in [0.15, 0.2) is 0 Å². The minimum atomic E-state index is -0.956. The van der Waals surface area contributed by atoms with E-state index in [9.17, 15) is 14.7 Å². The molecule has 0 spiro atoms. The third-order valence-electron chi connectivity index (χ3n) is 5.42. The van der Waals surface area contributed by atoms with Crippen LogP contribution in [0.5, 0.6) is 11.5 Å².